The summed E-state index contributed by atoms with van der Waals surface area (Å²) in [7, 11) is 0. The van der Waals surface area contributed by atoms with Crippen molar-refractivity contribution in [1.29, 1.82) is 0 Å². The molecule has 5 heteroatoms. The van der Waals surface area contributed by atoms with Crippen LogP contribution in [0, 0.1) is 5.92 Å². The molecule has 0 spiro atoms. The molecule has 24 heavy (non-hydrogen) atoms. The van der Waals surface area contributed by atoms with Gasteiger partial charge in [0.05, 0.1) is 6.10 Å². The fourth-order valence-electron chi connectivity index (χ4n) is 3.25. The minimum atomic E-state index is -0.398. The van der Waals surface area contributed by atoms with Crippen LogP contribution in [0.3, 0.4) is 0 Å². The zero-order chi connectivity index (χ0) is 17.5. The second-order valence-corrected chi connectivity index (χ2v) is 6.81. The van der Waals surface area contributed by atoms with Gasteiger partial charge in [-0.05, 0) is 50.7 Å². The van der Waals surface area contributed by atoms with Crippen LogP contribution in [-0.2, 0) is 4.79 Å². The van der Waals surface area contributed by atoms with Crippen LogP contribution >= 0.6 is 0 Å². The Hall–Kier alpha value is -1.88. The van der Waals surface area contributed by atoms with Crippen molar-refractivity contribution in [3.8, 4) is 0 Å². The van der Waals surface area contributed by atoms with Crippen molar-refractivity contribution >= 4 is 11.8 Å². The molecule has 1 heterocycles. The number of piperidine rings is 1. The molecule has 1 aromatic rings. The molecule has 3 atom stereocenters. The van der Waals surface area contributed by atoms with E-state index in [0.29, 0.717) is 31.5 Å². The van der Waals surface area contributed by atoms with Gasteiger partial charge in [0.1, 0.15) is 6.04 Å². The Labute approximate surface area is 144 Å². The average molecular weight is 332 g/mol. The first-order valence-electron chi connectivity index (χ1n) is 8.81. The molecule has 132 valence electrons. The number of amides is 2. The number of benzene rings is 1. The van der Waals surface area contributed by atoms with E-state index in [-0.39, 0.29) is 23.8 Å². The summed E-state index contributed by atoms with van der Waals surface area (Å²) in [6.45, 7) is 4.89. The van der Waals surface area contributed by atoms with E-state index in [1.807, 2.05) is 25.1 Å². The number of hydrogen-bond donors (Lipinski definition) is 2. The van der Waals surface area contributed by atoms with Crippen molar-refractivity contribution in [2.75, 3.05) is 13.1 Å². The molecule has 1 aliphatic heterocycles. The molecule has 1 saturated heterocycles. The standard InChI is InChI=1S/C19H28N2O3/c1-14(12-15(2)22)13-20-18(23)17-10-6-7-11-21(17)19(24)16-8-4-3-5-9-16/h3-5,8-9,14-15,17,22H,6-7,10-13H2,1-2H3,(H,20,23). The summed E-state index contributed by atoms with van der Waals surface area (Å²) in [4.78, 5) is 27.0. The van der Waals surface area contributed by atoms with Crippen molar-refractivity contribution in [3.05, 3.63) is 35.9 Å². The molecule has 0 bridgehead atoms. The molecule has 0 aromatic heterocycles. The third kappa shape index (κ3) is 5.06. The van der Waals surface area contributed by atoms with E-state index in [1.54, 1.807) is 24.0 Å². The van der Waals surface area contributed by atoms with Gasteiger partial charge in [0.15, 0.2) is 0 Å². The lowest BCUT2D eigenvalue weighted by molar-refractivity contribution is -0.126. The van der Waals surface area contributed by atoms with Gasteiger partial charge < -0.3 is 15.3 Å². The van der Waals surface area contributed by atoms with Crippen molar-refractivity contribution in [1.82, 2.24) is 10.2 Å². The van der Waals surface area contributed by atoms with Gasteiger partial charge in [-0.25, -0.2) is 0 Å². The molecule has 2 rings (SSSR count). The Balaban J connectivity index is 1.98. The van der Waals surface area contributed by atoms with Gasteiger partial charge >= 0.3 is 0 Å². The first-order valence-corrected chi connectivity index (χ1v) is 8.81. The molecule has 3 unspecified atom stereocenters. The van der Waals surface area contributed by atoms with Crippen LogP contribution in [0.25, 0.3) is 0 Å². The number of nitrogens with zero attached hydrogens (tertiary/aromatic N) is 1. The largest absolute Gasteiger partial charge is 0.393 e. The van der Waals surface area contributed by atoms with Crippen molar-refractivity contribution < 1.29 is 14.7 Å². The van der Waals surface area contributed by atoms with Gasteiger partial charge in [-0.1, -0.05) is 25.1 Å². The second-order valence-electron chi connectivity index (χ2n) is 6.81. The van der Waals surface area contributed by atoms with Crippen LogP contribution in [0.1, 0.15) is 49.9 Å². The topological polar surface area (TPSA) is 69.6 Å². The number of carbonyl (C=O) groups excluding carboxylic acids is 2. The molecular weight excluding hydrogens is 304 g/mol. The normalized spacial score (nSPS) is 20.3. The molecule has 1 aliphatic rings. The third-order valence-electron chi connectivity index (χ3n) is 4.46. The maximum atomic E-state index is 12.7. The van der Waals surface area contributed by atoms with Crippen LogP contribution in [0.5, 0.6) is 0 Å². The van der Waals surface area contributed by atoms with Gasteiger partial charge in [0, 0.05) is 18.7 Å². The van der Waals surface area contributed by atoms with Gasteiger partial charge in [-0.2, -0.15) is 0 Å². The molecule has 5 nitrogen and oxygen atoms in total. The molecule has 0 radical (unpaired) electrons. The summed E-state index contributed by atoms with van der Waals surface area (Å²) in [5.74, 6) is 0.0414. The zero-order valence-corrected chi connectivity index (χ0v) is 14.6. The number of nitrogens with one attached hydrogen (secondary N) is 1. The highest BCUT2D eigenvalue weighted by Gasteiger charge is 2.32. The van der Waals surface area contributed by atoms with Crippen LogP contribution in [0.4, 0.5) is 0 Å². The quantitative estimate of drug-likeness (QED) is 0.839. The highest BCUT2D eigenvalue weighted by molar-refractivity contribution is 5.97. The molecular formula is C19H28N2O3. The van der Waals surface area contributed by atoms with E-state index in [4.69, 9.17) is 0 Å². The van der Waals surface area contributed by atoms with Gasteiger partial charge in [0.2, 0.25) is 5.91 Å². The van der Waals surface area contributed by atoms with Crippen LogP contribution < -0.4 is 5.32 Å². The summed E-state index contributed by atoms with van der Waals surface area (Å²) in [5, 5.41) is 12.4. The highest BCUT2D eigenvalue weighted by Crippen LogP contribution is 2.20. The van der Waals surface area contributed by atoms with Gasteiger partial charge in [-0.15, -0.1) is 0 Å². The van der Waals surface area contributed by atoms with Gasteiger partial charge in [0.25, 0.3) is 5.91 Å². The second kappa shape index (κ2) is 8.83. The maximum absolute atomic E-state index is 12.7. The first-order chi connectivity index (χ1) is 11.5. The van der Waals surface area contributed by atoms with Crippen LogP contribution in [0.15, 0.2) is 30.3 Å². The van der Waals surface area contributed by atoms with E-state index in [0.717, 1.165) is 12.8 Å². The lowest BCUT2D eigenvalue weighted by Gasteiger charge is -2.35. The average Bonchev–Trinajstić information content (AvgIpc) is 2.59. The monoisotopic (exact) mass is 332 g/mol. The Morgan fingerprint density at radius 1 is 1.25 bits per heavy atom. The third-order valence-corrected chi connectivity index (χ3v) is 4.46. The van der Waals surface area contributed by atoms with Gasteiger partial charge in [-0.3, -0.25) is 9.59 Å². The Bertz CT molecular complexity index is 545. The number of carbonyl (C=O) groups is 2. The zero-order valence-electron chi connectivity index (χ0n) is 14.6. The molecule has 2 N–H and O–H groups in total. The van der Waals surface area contributed by atoms with Crippen LogP contribution in [0.2, 0.25) is 0 Å². The predicted molar refractivity (Wildman–Crippen MR) is 93.6 cm³/mol. The van der Waals surface area contributed by atoms with E-state index in [9.17, 15) is 14.7 Å². The molecule has 1 aromatic carbocycles. The Morgan fingerprint density at radius 3 is 2.62 bits per heavy atom. The number of hydrogen-bond acceptors (Lipinski definition) is 3. The predicted octanol–water partition coefficient (Wildman–Crippen LogP) is 2.20. The van der Waals surface area contributed by atoms with E-state index in [1.165, 1.54) is 0 Å². The summed E-state index contributed by atoms with van der Waals surface area (Å²) < 4.78 is 0. The fourth-order valence-corrected chi connectivity index (χ4v) is 3.25. The van der Waals surface area contributed by atoms with E-state index >= 15 is 0 Å². The summed E-state index contributed by atoms with van der Waals surface area (Å²) in [6, 6.07) is 8.73. The van der Waals surface area contributed by atoms with Crippen molar-refractivity contribution in [3.63, 3.8) is 0 Å². The summed E-state index contributed by atoms with van der Waals surface area (Å²) >= 11 is 0. The van der Waals surface area contributed by atoms with E-state index < -0.39 is 6.04 Å². The summed E-state index contributed by atoms with van der Waals surface area (Å²) in [6.07, 6.45) is 2.87. The Kier molecular flexibility index (Phi) is 6.79. The van der Waals surface area contributed by atoms with E-state index in [2.05, 4.69) is 5.32 Å². The number of aliphatic hydroxyl groups is 1. The number of likely N-dealkylation sites (tertiary alicyclic amines) is 1. The minimum Gasteiger partial charge on any atom is -0.393 e. The van der Waals surface area contributed by atoms with Crippen molar-refractivity contribution in [2.45, 2.75) is 51.7 Å². The fraction of sp³-hybridized carbons (Fsp3) is 0.579. The molecule has 2 amide bonds. The Morgan fingerprint density at radius 2 is 1.96 bits per heavy atom. The maximum Gasteiger partial charge on any atom is 0.254 e. The lowest BCUT2D eigenvalue weighted by Crippen LogP contribution is -2.52. The summed E-state index contributed by atoms with van der Waals surface area (Å²) in [5.41, 5.74) is 0.625. The number of aliphatic hydroxyl groups excluding tert-OH is 1. The highest BCUT2D eigenvalue weighted by atomic mass is 16.3. The lowest BCUT2D eigenvalue weighted by atomic mass is 9.99. The minimum absolute atomic E-state index is 0.0764. The molecule has 0 aliphatic carbocycles. The first kappa shape index (κ1) is 18.5. The van der Waals surface area contributed by atoms with Crippen LogP contribution in [-0.4, -0.2) is 47.1 Å². The van der Waals surface area contributed by atoms with Crippen molar-refractivity contribution in [2.24, 2.45) is 5.92 Å². The molecule has 1 fully saturated rings. The smallest absolute Gasteiger partial charge is 0.254 e. The number of rotatable bonds is 6. The molecule has 0 saturated carbocycles. The SMILES string of the molecule is CC(O)CC(C)CNC(=O)C1CCCCN1C(=O)c1ccccc1.